The van der Waals surface area contributed by atoms with E-state index in [1.807, 2.05) is 17.1 Å². The summed E-state index contributed by atoms with van der Waals surface area (Å²) < 4.78 is 3.03. The van der Waals surface area contributed by atoms with E-state index < -0.39 is 0 Å². The zero-order chi connectivity index (χ0) is 12.4. The third-order valence-corrected chi connectivity index (χ3v) is 3.48. The highest BCUT2D eigenvalue weighted by atomic mass is 79.9. The lowest BCUT2D eigenvalue weighted by Crippen LogP contribution is -2.18. The predicted molar refractivity (Wildman–Crippen MR) is 73.1 cm³/mol. The fraction of sp³-hybridized carbons (Fsp3) is 0.385. The first-order valence-corrected chi connectivity index (χ1v) is 6.94. The molecule has 1 saturated carbocycles. The third kappa shape index (κ3) is 2.97. The molecule has 1 fully saturated rings. The van der Waals surface area contributed by atoms with Crippen LogP contribution in [0.5, 0.6) is 0 Å². The molecule has 2 aromatic heterocycles. The molecule has 0 radical (unpaired) electrons. The summed E-state index contributed by atoms with van der Waals surface area (Å²) in [7, 11) is 0. The number of pyridine rings is 1. The average molecular weight is 307 g/mol. The van der Waals surface area contributed by atoms with Crippen molar-refractivity contribution in [3.8, 4) is 0 Å². The monoisotopic (exact) mass is 306 g/mol. The van der Waals surface area contributed by atoms with Crippen molar-refractivity contribution in [3.05, 3.63) is 46.5 Å². The Labute approximate surface area is 115 Å². The van der Waals surface area contributed by atoms with Crippen LogP contribution in [0.3, 0.4) is 0 Å². The summed E-state index contributed by atoms with van der Waals surface area (Å²) in [6.07, 6.45) is 8.15. The Hall–Kier alpha value is -1.20. The smallest absolute Gasteiger partial charge is 0.0678 e. The molecule has 2 heterocycles. The van der Waals surface area contributed by atoms with Crippen LogP contribution in [0.25, 0.3) is 0 Å². The average Bonchev–Trinajstić information content (AvgIpc) is 3.08. The molecule has 94 valence electrons. The maximum absolute atomic E-state index is 4.37. The normalized spacial score (nSPS) is 14.9. The lowest BCUT2D eigenvalue weighted by atomic mass is 10.3. The van der Waals surface area contributed by atoms with Gasteiger partial charge in [0.2, 0.25) is 0 Å². The molecule has 0 unspecified atom stereocenters. The Balaban J connectivity index is 1.69. The number of nitrogens with zero attached hydrogens (tertiary/aromatic N) is 3. The quantitative estimate of drug-likeness (QED) is 0.922. The van der Waals surface area contributed by atoms with Gasteiger partial charge < -0.3 is 5.32 Å². The lowest BCUT2D eigenvalue weighted by molar-refractivity contribution is 0.592. The van der Waals surface area contributed by atoms with Crippen LogP contribution in [0, 0.1) is 0 Å². The Bertz CT molecular complexity index is 533. The van der Waals surface area contributed by atoms with Crippen molar-refractivity contribution in [2.45, 2.75) is 32.0 Å². The molecule has 3 rings (SSSR count). The van der Waals surface area contributed by atoms with Crippen molar-refractivity contribution in [3.63, 3.8) is 0 Å². The summed E-state index contributed by atoms with van der Waals surface area (Å²) in [6, 6.07) is 4.87. The van der Waals surface area contributed by atoms with Gasteiger partial charge in [-0.15, -0.1) is 0 Å². The number of hydrogen-bond acceptors (Lipinski definition) is 3. The molecule has 1 aliphatic rings. The van der Waals surface area contributed by atoms with Gasteiger partial charge in [0.25, 0.3) is 0 Å². The number of hydrogen-bond donors (Lipinski definition) is 1. The van der Waals surface area contributed by atoms with Crippen LogP contribution < -0.4 is 5.32 Å². The van der Waals surface area contributed by atoms with E-state index in [9.17, 15) is 0 Å². The highest BCUT2D eigenvalue weighted by Crippen LogP contribution is 2.19. The number of halogens is 1. The van der Waals surface area contributed by atoms with Crippen molar-refractivity contribution in [2.24, 2.45) is 0 Å². The standard InChI is InChI=1S/C13H15BrN4/c14-11-5-10(6-15-7-11)9-18-13(3-4-17-18)8-16-12-1-2-12/h3-7,12,16H,1-2,8-9H2. The molecule has 0 saturated heterocycles. The molecular formula is C13H15BrN4. The minimum atomic E-state index is 0.723. The molecule has 4 nitrogen and oxygen atoms in total. The molecule has 0 bridgehead atoms. The second-order valence-electron chi connectivity index (χ2n) is 4.65. The minimum absolute atomic E-state index is 0.723. The molecular weight excluding hydrogens is 292 g/mol. The van der Waals surface area contributed by atoms with Gasteiger partial charge in [-0.1, -0.05) is 0 Å². The molecule has 1 aliphatic carbocycles. The number of aromatic nitrogens is 3. The second kappa shape index (κ2) is 5.20. The van der Waals surface area contributed by atoms with Gasteiger partial charge in [0.15, 0.2) is 0 Å². The Kier molecular flexibility index (Phi) is 3.43. The number of nitrogens with one attached hydrogen (secondary N) is 1. The van der Waals surface area contributed by atoms with Gasteiger partial charge in [-0.25, -0.2) is 0 Å². The van der Waals surface area contributed by atoms with Crippen molar-refractivity contribution < 1.29 is 0 Å². The predicted octanol–water partition coefficient (Wildman–Crippen LogP) is 2.34. The SMILES string of the molecule is Brc1cncc(Cn2nccc2CNC2CC2)c1. The van der Waals surface area contributed by atoms with Crippen molar-refractivity contribution >= 4 is 15.9 Å². The molecule has 1 N–H and O–H groups in total. The van der Waals surface area contributed by atoms with Gasteiger partial charge in [0.1, 0.15) is 0 Å². The third-order valence-electron chi connectivity index (χ3n) is 3.05. The van der Waals surface area contributed by atoms with Gasteiger partial charge >= 0.3 is 0 Å². The van der Waals surface area contributed by atoms with Crippen LogP contribution in [0.15, 0.2) is 35.2 Å². The van der Waals surface area contributed by atoms with Crippen molar-refractivity contribution in [1.82, 2.24) is 20.1 Å². The van der Waals surface area contributed by atoms with E-state index in [0.717, 1.165) is 29.2 Å². The summed E-state index contributed by atoms with van der Waals surface area (Å²) in [4.78, 5) is 4.18. The Morgan fingerprint density at radius 2 is 2.28 bits per heavy atom. The first kappa shape index (κ1) is 11.9. The highest BCUT2D eigenvalue weighted by molar-refractivity contribution is 9.10. The zero-order valence-electron chi connectivity index (χ0n) is 10.0. The van der Waals surface area contributed by atoms with E-state index in [1.54, 1.807) is 6.20 Å². The molecule has 0 spiro atoms. The minimum Gasteiger partial charge on any atom is -0.308 e. The molecule has 0 amide bonds. The van der Waals surface area contributed by atoms with E-state index >= 15 is 0 Å². The van der Waals surface area contributed by atoms with Crippen LogP contribution in [0.4, 0.5) is 0 Å². The van der Waals surface area contributed by atoms with Crippen LogP contribution in [-0.2, 0) is 13.1 Å². The summed E-state index contributed by atoms with van der Waals surface area (Å²) in [6.45, 7) is 1.66. The molecule has 0 aromatic carbocycles. The summed E-state index contributed by atoms with van der Waals surface area (Å²) in [5.74, 6) is 0. The van der Waals surface area contributed by atoms with E-state index in [0.29, 0.717) is 0 Å². The van der Waals surface area contributed by atoms with Crippen LogP contribution in [0.2, 0.25) is 0 Å². The molecule has 0 atom stereocenters. The maximum Gasteiger partial charge on any atom is 0.0678 e. The van der Waals surface area contributed by atoms with E-state index in [4.69, 9.17) is 0 Å². The van der Waals surface area contributed by atoms with Crippen LogP contribution >= 0.6 is 15.9 Å². The zero-order valence-corrected chi connectivity index (χ0v) is 11.6. The summed E-state index contributed by atoms with van der Waals surface area (Å²) >= 11 is 3.44. The molecule has 2 aromatic rings. The Morgan fingerprint density at radius 1 is 1.39 bits per heavy atom. The fourth-order valence-corrected chi connectivity index (χ4v) is 2.32. The maximum atomic E-state index is 4.37. The number of rotatable bonds is 5. The van der Waals surface area contributed by atoms with E-state index in [2.05, 4.69) is 43.5 Å². The van der Waals surface area contributed by atoms with Gasteiger partial charge in [-0.2, -0.15) is 5.10 Å². The lowest BCUT2D eigenvalue weighted by Gasteiger charge is -2.08. The molecule has 18 heavy (non-hydrogen) atoms. The largest absolute Gasteiger partial charge is 0.308 e. The fourth-order valence-electron chi connectivity index (χ4n) is 1.90. The van der Waals surface area contributed by atoms with Gasteiger partial charge in [0.05, 0.1) is 12.2 Å². The molecule has 5 heteroatoms. The first-order valence-electron chi connectivity index (χ1n) is 6.15. The summed E-state index contributed by atoms with van der Waals surface area (Å²) in [5, 5.41) is 7.88. The van der Waals surface area contributed by atoms with Gasteiger partial charge in [0, 0.05) is 35.6 Å². The van der Waals surface area contributed by atoms with Crippen molar-refractivity contribution in [1.29, 1.82) is 0 Å². The van der Waals surface area contributed by atoms with Crippen LogP contribution in [0.1, 0.15) is 24.1 Å². The van der Waals surface area contributed by atoms with Gasteiger partial charge in [-0.05, 0) is 46.5 Å². The molecule has 0 aliphatic heterocycles. The highest BCUT2D eigenvalue weighted by Gasteiger charge is 2.20. The topological polar surface area (TPSA) is 42.7 Å². The first-order chi connectivity index (χ1) is 8.81. The summed E-state index contributed by atoms with van der Waals surface area (Å²) in [5.41, 5.74) is 2.38. The Morgan fingerprint density at radius 3 is 3.06 bits per heavy atom. The van der Waals surface area contributed by atoms with Crippen LogP contribution in [-0.4, -0.2) is 20.8 Å². The van der Waals surface area contributed by atoms with Gasteiger partial charge in [-0.3, -0.25) is 9.67 Å². The van der Waals surface area contributed by atoms with E-state index in [-0.39, 0.29) is 0 Å². The van der Waals surface area contributed by atoms with E-state index in [1.165, 1.54) is 18.5 Å². The second-order valence-corrected chi connectivity index (χ2v) is 5.56. The van der Waals surface area contributed by atoms with Crippen molar-refractivity contribution in [2.75, 3.05) is 0 Å².